The number of halogens is 1. The van der Waals surface area contributed by atoms with Crippen molar-refractivity contribution in [3.05, 3.63) is 61.7 Å². The molecular formula is C14H11BrN4O2. The molecule has 0 saturated heterocycles. The zero-order valence-corrected chi connectivity index (χ0v) is 12.7. The molecule has 0 radical (unpaired) electrons. The van der Waals surface area contributed by atoms with Crippen LogP contribution in [0.25, 0.3) is 0 Å². The van der Waals surface area contributed by atoms with Crippen LogP contribution in [0, 0.1) is 28.4 Å². The topological polar surface area (TPSA) is 91.8 Å². The zero-order valence-electron chi connectivity index (χ0n) is 11.1. The van der Waals surface area contributed by atoms with E-state index in [4.69, 9.17) is 5.26 Å². The van der Waals surface area contributed by atoms with Gasteiger partial charge < -0.3 is 5.32 Å². The van der Waals surface area contributed by atoms with Crippen molar-refractivity contribution >= 4 is 27.4 Å². The van der Waals surface area contributed by atoms with Gasteiger partial charge in [-0.1, -0.05) is 22.0 Å². The third-order valence-corrected chi connectivity index (χ3v) is 3.48. The van der Waals surface area contributed by atoms with Crippen molar-refractivity contribution < 1.29 is 4.92 Å². The monoisotopic (exact) mass is 346 g/mol. The van der Waals surface area contributed by atoms with E-state index in [1.165, 1.54) is 12.3 Å². The Morgan fingerprint density at radius 3 is 2.90 bits per heavy atom. The SMILES string of the molecule is Cc1ccc(Br)cc1CNc1nccc(C#N)c1[N+](=O)[O-]. The highest BCUT2D eigenvalue weighted by Gasteiger charge is 2.20. The smallest absolute Gasteiger partial charge is 0.328 e. The van der Waals surface area contributed by atoms with Crippen LogP contribution < -0.4 is 5.32 Å². The normalized spacial score (nSPS) is 9.95. The maximum Gasteiger partial charge on any atom is 0.328 e. The quantitative estimate of drug-likeness (QED) is 0.675. The Bertz CT molecular complexity index is 740. The molecule has 0 bridgehead atoms. The van der Waals surface area contributed by atoms with Gasteiger partial charge in [-0.05, 0) is 36.2 Å². The first-order valence-electron chi connectivity index (χ1n) is 6.05. The van der Waals surface area contributed by atoms with Gasteiger partial charge in [-0.25, -0.2) is 4.98 Å². The summed E-state index contributed by atoms with van der Waals surface area (Å²) in [5.74, 6) is 0.0958. The first kappa shape index (κ1) is 14.9. The molecule has 2 aromatic rings. The second-order valence-corrected chi connectivity index (χ2v) is 5.26. The van der Waals surface area contributed by atoms with E-state index in [1.54, 1.807) is 6.07 Å². The highest BCUT2D eigenvalue weighted by atomic mass is 79.9. The van der Waals surface area contributed by atoms with Gasteiger partial charge in [0, 0.05) is 17.2 Å². The molecule has 21 heavy (non-hydrogen) atoms. The molecule has 1 aromatic heterocycles. The van der Waals surface area contributed by atoms with Gasteiger partial charge in [0.15, 0.2) is 0 Å². The first-order valence-corrected chi connectivity index (χ1v) is 6.84. The summed E-state index contributed by atoms with van der Waals surface area (Å²) in [6, 6.07) is 8.95. The summed E-state index contributed by atoms with van der Waals surface area (Å²) < 4.78 is 0.929. The summed E-state index contributed by atoms with van der Waals surface area (Å²) in [6.45, 7) is 2.34. The number of aromatic nitrogens is 1. The van der Waals surface area contributed by atoms with E-state index in [9.17, 15) is 10.1 Å². The van der Waals surface area contributed by atoms with Crippen molar-refractivity contribution in [2.75, 3.05) is 5.32 Å². The summed E-state index contributed by atoms with van der Waals surface area (Å²) in [5.41, 5.74) is 1.74. The van der Waals surface area contributed by atoms with Gasteiger partial charge >= 0.3 is 5.69 Å². The molecule has 106 valence electrons. The maximum atomic E-state index is 11.1. The predicted molar refractivity (Wildman–Crippen MR) is 81.8 cm³/mol. The molecule has 0 spiro atoms. The average Bonchev–Trinajstić information content (AvgIpc) is 2.47. The Hall–Kier alpha value is -2.46. The molecule has 0 atom stereocenters. The molecule has 0 aliphatic rings. The van der Waals surface area contributed by atoms with Crippen molar-refractivity contribution in [1.29, 1.82) is 5.26 Å². The van der Waals surface area contributed by atoms with Gasteiger partial charge in [0.05, 0.1) is 4.92 Å². The Balaban J connectivity index is 2.31. The van der Waals surface area contributed by atoms with E-state index in [-0.39, 0.29) is 17.1 Å². The minimum atomic E-state index is -0.596. The van der Waals surface area contributed by atoms with Crippen molar-refractivity contribution in [1.82, 2.24) is 4.98 Å². The number of aryl methyl sites for hydroxylation is 1. The Morgan fingerprint density at radius 1 is 1.48 bits per heavy atom. The van der Waals surface area contributed by atoms with Crippen molar-refractivity contribution in [2.45, 2.75) is 13.5 Å². The fourth-order valence-electron chi connectivity index (χ4n) is 1.87. The average molecular weight is 347 g/mol. The first-order chi connectivity index (χ1) is 10.0. The summed E-state index contributed by atoms with van der Waals surface area (Å²) in [5, 5.41) is 23.0. The Kier molecular flexibility index (Phi) is 4.50. The molecule has 2 rings (SSSR count). The highest BCUT2D eigenvalue weighted by molar-refractivity contribution is 9.10. The van der Waals surface area contributed by atoms with E-state index in [0.29, 0.717) is 6.54 Å². The Morgan fingerprint density at radius 2 is 2.24 bits per heavy atom. The minimum absolute atomic E-state index is 0.0107. The molecule has 0 amide bonds. The van der Waals surface area contributed by atoms with E-state index in [2.05, 4.69) is 26.2 Å². The van der Waals surface area contributed by atoms with Crippen LogP contribution in [0.4, 0.5) is 11.5 Å². The van der Waals surface area contributed by atoms with Crippen LogP contribution in [0.2, 0.25) is 0 Å². The zero-order chi connectivity index (χ0) is 15.4. The van der Waals surface area contributed by atoms with Crippen LogP contribution in [0.15, 0.2) is 34.9 Å². The number of hydrogen-bond donors (Lipinski definition) is 1. The predicted octanol–water partition coefficient (Wildman–Crippen LogP) is 3.54. The number of nitriles is 1. The third kappa shape index (κ3) is 3.35. The lowest BCUT2D eigenvalue weighted by Gasteiger charge is -2.09. The Labute approximate surface area is 129 Å². The second-order valence-electron chi connectivity index (χ2n) is 4.35. The fraction of sp³-hybridized carbons (Fsp3) is 0.143. The van der Waals surface area contributed by atoms with Crippen molar-refractivity contribution in [2.24, 2.45) is 0 Å². The van der Waals surface area contributed by atoms with Crippen LogP contribution in [0.1, 0.15) is 16.7 Å². The van der Waals surface area contributed by atoms with Crippen molar-refractivity contribution in [3.63, 3.8) is 0 Å². The highest BCUT2D eigenvalue weighted by Crippen LogP contribution is 2.26. The summed E-state index contributed by atoms with van der Waals surface area (Å²) in [4.78, 5) is 14.5. The minimum Gasteiger partial charge on any atom is -0.360 e. The number of nitrogens with one attached hydrogen (secondary N) is 1. The van der Waals surface area contributed by atoms with Gasteiger partial charge in [0.2, 0.25) is 5.82 Å². The molecule has 6 nitrogen and oxygen atoms in total. The molecule has 0 fully saturated rings. The third-order valence-electron chi connectivity index (χ3n) is 2.98. The van der Waals surface area contributed by atoms with E-state index >= 15 is 0 Å². The molecule has 0 unspecified atom stereocenters. The molecule has 0 aliphatic carbocycles. The van der Waals surface area contributed by atoms with Crippen LogP contribution in [0.3, 0.4) is 0 Å². The van der Waals surface area contributed by atoms with Crippen LogP contribution in [0.5, 0.6) is 0 Å². The van der Waals surface area contributed by atoms with Crippen molar-refractivity contribution in [3.8, 4) is 6.07 Å². The molecule has 0 aliphatic heterocycles. The lowest BCUT2D eigenvalue weighted by Crippen LogP contribution is -2.07. The van der Waals surface area contributed by atoms with Gasteiger partial charge in [0.25, 0.3) is 0 Å². The summed E-state index contributed by atoms with van der Waals surface area (Å²) in [7, 11) is 0. The molecule has 1 heterocycles. The molecule has 7 heteroatoms. The number of rotatable bonds is 4. The van der Waals surface area contributed by atoms with Crippen LogP contribution in [-0.2, 0) is 6.54 Å². The number of nitrogens with zero attached hydrogens (tertiary/aromatic N) is 3. The number of hydrogen-bond acceptors (Lipinski definition) is 5. The number of nitro groups is 1. The molecular weight excluding hydrogens is 336 g/mol. The largest absolute Gasteiger partial charge is 0.360 e. The lowest BCUT2D eigenvalue weighted by atomic mass is 10.1. The summed E-state index contributed by atoms with van der Waals surface area (Å²) in [6.07, 6.45) is 1.38. The lowest BCUT2D eigenvalue weighted by molar-refractivity contribution is -0.384. The van der Waals surface area contributed by atoms with Gasteiger partial charge in [-0.3, -0.25) is 10.1 Å². The van der Waals surface area contributed by atoms with E-state index in [0.717, 1.165) is 15.6 Å². The molecule has 0 saturated carbocycles. The van der Waals surface area contributed by atoms with E-state index in [1.807, 2.05) is 25.1 Å². The van der Waals surface area contributed by atoms with Gasteiger partial charge in [-0.15, -0.1) is 0 Å². The van der Waals surface area contributed by atoms with Gasteiger partial charge in [0.1, 0.15) is 11.6 Å². The number of pyridine rings is 1. The standard InChI is InChI=1S/C14H11BrN4O2/c1-9-2-3-12(15)6-11(9)8-18-14-13(19(20)21)10(7-16)4-5-17-14/h2-6H,8H2,1H3,(H,17,18). The number of anilines is 1. The summed E-state index contributed by atoms with van der Waals surface area (Å²) >= 11 is 3.39. The van der Waals surface area contributed by atoms with E-state index < -0.39 is 4.92 Å². The second kappa shape index (κ2) is 6.33. The maximum absolute atomic E-state index is 11.1. The molecule has 1 N–H and O–H groups in total. The molecule has 1 aromatic carbocycles. The fourth-order valence-corrected chi connectivity index (χ4v) is 2.28. The van der Waals surface area contributed by atoms with Gasteiger partial charge in [-0.2, -0.15) is 5.26 Å². The van der Waals surface area contributed by atoms with Crippen LogP contribution >= 0.6 is 15.9 Å². The van der Waals surface area contributed by atoms with Crippen LogP contribution in [-0.4, -0.2) is 9.91 Å². The number of benzene rings is 1.